The number of fused-ring (bicyclic) bond motifs is 1. The second kappa shape index (κ2) is 5.98. The lowest BCUT2D eigenvalue weighted by Crippen LogP contribution is -2.25. The highest BCUT2D eigenvalue weighted by atomic mass is 127. The first-order valence-electron chi connectivity index (χ1n) is 6.72. The van der Waals surface area contributed by atoms with Gasteiger partial charge in [0, 0.05) is 26.6 Å². The summed E-state index contributed by atoms with van der Waals surface area (Å²) in [5, 5.41) is 11.1. The van der Waals surface area contributed by atoms with Crippen molar-refractivity contribution in [3.8, 4) is 11.1 Å². The zero-order chi connectivity index (χ0) is 16.7. The van der Waals surface area contributed by atoms with Crippen LogP contribution in [0.1, 0.15) is 10.5 Å². The Kier molecular flexibility index (Phi) is 4.16. The van der Waals surface area contributed by atoms with Gasteiger partial charge in [0.05, 0.1) is 5.39 Å². The topological polar surface area (TPSA) is 59.3 Å². The normalized spacial score (nSPS) is 10.9. The van der Waals surface area contributed by atoms with E-state index in [-0.39, 0.29) is 11.3 Å². The zero-order valence-electron chi connectivity index (χ0n) is 12.0. The molecule has 0 saturated carbocycles. The molecular weight excluding hydrogens is 429 g/mol. The minimum atomic E-state index is -1.14. The molecule has 2 aromatic carbocycles. The molecule has 1 aromatic heterocycles. The van der Waals surface area contributed by atoms with Crippen molar-refractivity contribution in [2.75, 3.05) is 0 Å². The predicted octanol–water partition coefficient (Wildman–Crippen LogP) is 4.16. The third kappa shape index (κ3) is 2.64. The van der Waals surface area contributed by atoms with Crippen LogP contribution in [0.15, 0.2) is 47.3 Å². The number of nitrogens with zero attached hydrogens (tertiary/aromatic N) is 1. The van der Waals surface area contributed by atoms with Crippen molar-refractivity contribution in [2.45, 2.75) is 0 Å². The molecule has 4 nitrogen and oxygen atoms in total. The van der Waals surface area contributed by atoms with Crippen molar-refractivity contribution in [2.24, 2.45) is 7.05 Å². The van der Waals surface area contributed by atoms with Crippen molar-refractivity contribution in [1.29, 1.82) is 0 Å². The fraction of sp³-hybridized carbons (Fsp3) is 0.0588. The molecule has 0 amide bonds. The van der Waals surface area contributed by atoms with Gasteiger partial charge in [-0.2, -0.15) is 0 Å². The van der Waals surface area contributed by atoms with Gasteiger partial charge in [-0.25, -0.2) is 4.79 Å². The van der Waals surface area contributed by atoms with Crippen LogP contribution < -0.4 is 5.56 Å². The molecule has 23 heavy (non-hydrogen) atoms. The molecule has 3 rings (SSSR count). The van der Waals surface area contributed by atoms with E-state index in [9.17, 15) is 14.7 Å². The Morgan fingerprint density at radius 1 is 1.22 bits per heavy atom. The van der Waals surface area contributed by atoms with Gasteiger partial charge in [0.15, 0.2) is 0 Å². The highest BCUT2D eigenvalue weighted by Crippen LogP contribution is 2.35. The van der Waals surface area contributed by atoms with Crippen molar-refractivity contribution in [3.05, 3.63) is 67.1 Å². The van der Waals surface area contributed by atoms with E-state index in [1.54, 1.807) is 12.1 Å². The molecule has 116 valence electrons. The Morgan fingerprint density at radius 3 is 2.48 bits per heavy atom. The number of aromatic carboxylic acids is 1. The fourth-order valence-corrected chi connectivity index (χ4v) is 4.00. The third-order valence-electron chi connectivity index (χ3n) is 3.68. The number of rotatable bonds is 2. The van der Waals surface area contributed by atoms with Crippen LogP contribution in [0.4, 0.5) is 0 Å². The van der Waals surface area contributed by atoms with Crippen LogP contribution in [0.25, 0.3) is 21.9 Å². The van der Waals surface area contributed by atoms with E-state index in [4.69, 9.17) is 11.6 Å². The number of benzene rings is 2. The van der Waals surface area contributed by atoms with E-state index in [1.807, 2.05) is 30.3 Å². The molecule has 0 radical (unpaired) electrons. The second-order valence-corrected chi connectivity index (χ2v) is 6.67. The number of halogens is 2. The molecule has 0 fully saturated rings. The molecule has 3 aromatic rings. The maximum absolute atomic E-state index is 12.6. The minimum absolute atomic E-state index is 0.0334. The lowest BCUT2D eigenvalue weighted by molar-refractivity contribution is 0.0686. The number of carboxylic acid groups (broad SMARTS) is 1. The lowest BCUT2D eigenvalue weighted by Gasteiger charge is -2.16. The largest absolute Gasteiger partial charge is 0.477 e. The van der Waals surface area contributed by atoms with E-state index < -0.39 is 5.97 Å². The standard InChI is InChI=1S/C17H11ClINO3/c1-20-15(17(22)23)13(9-5-3-2-4-6-9)14-11(16(20)21)7-10(18)8-12(14)19/h2-8H,1H3,(H,22,23). The van der Waals surface area contributed by atoms with Crippen LogP contribution in [0.3, 0.4) is 0 Å². The summed E-state index contributed by atoms with van der Waals surface area (Å²) in [6, 6.07) is 12.5. The fourth-order valence-electron chi connectivity index (χ4n) is 2.70. The monoisotopic (exact) mass is 439 g/mol. The number of aromatic nitrogens is 1. The van der Waals surface area contributed by atoms with E-state index >= 15 is 0 Å². The first-order chi connectivity index (χ1) is 10.9. The van der Waals surface area contributed by atoms with Crippen LogP contribution in [-0.4, -0.2) is 15.6 Å². The Hall–Kier alpha value is -1.86. The van der Waals surface area contributed by atoms with Crippen LogP contribution in [0, 0.1) is 3.57 Å². The van der Waals surface area contributed by atoms with Crippen LogP contribution in [0.2, 0.25) is 5.02 Å². The molecule has 0 spiro atoms. The molecule has 0 aliphatic rings. The Labute approximate surface area is 150 Å². The van der Waals surface area contributed by atoms with E-state index in [0.717, 1.165) is 9.13 Å². The number of hydrogen-bond acceptors (Lipinski definition) is 2. The van der Waals surface area contributed by atoms with Gasteiger partial charge in [-0.05, 0) is 40.3 Å². The number of hydrogen-bond donors (Lipinski definition) is 1. The van der Waals surface area contributed by atoms with Gasteiger partial charge in [-0.15, -0.1) is 0 Å². The summed E-state index contributed by atoms with van der Waals surface area (Å²) in [6.45, 7) is 0. The van der Waals surface area contributed by atoms with E-state index in [0.29, 0.717) is 21.4 Å². The summed E-state index contributed by atoms with van der Waals surface area (Å²) < 4.78 is 1.91. The molecule has 0 atom stereocenters. The summed E-state index contributed by atoms with van der Waals surface area (Å²) >= 11 is 8.16. The molecular formula is C17H11ClINO3. The zero-order valence-corrected chi connectivity index (χ0v) is 14.9. The first kappa shape index (κ1) is 16.0. The molecule has 1 N–H and O–H groups in total. The van der Waals surface area contributed by atoms with Crippen molar-refractivity contribution in [1.82, 2.24) is 4.57 Å². The van der Waals surface area contributed by atoms with Crippen LogP contribution in [0.5, 0.6) is 0 Å². The molecule has 0 bridgehead atoms. The summed E-state index contributed by atoms with van der Waals surface area (Å²) in [5.41, 5.74) is 0.855. The number of carboxylic acids is 1. The lowest BCUT2D eigenvalue weighted by atomic mass is 9.97. The Balaban J connectivity index is 2.64. The average Bonchev–Trinajstić information content (AvgIpc) is 2.51. The van der Waals surface area contributed by atoms with Gasteiger partial charge >= 0.3 is 5.97 Å². The van der Waals surface area contributed by atoms with Gasteiger partial charge in [-0.1, -0.05) is 41.9 Å². The first-order valence-corrected chi connectivity index (χ1v) is 8.18. The van der Waals surface area contributed by atoms with E-state index in [1.165, 1.54) is 11.6 Å². The van der Waals surface area contributed by atoms with Crippen LogP contribution in [-0.2, 0) is 7.05 Å². The molecule has 0 aliphatic carbocycles. The minimum Gasteiger partial charge on any atom is -0.477 e. The maximum atomic E-state index is 12.6. The van der Waals surface area contributed by atoms with Crippen molar-refractivity contribution < 1.29 is 9.90 Å². The molecule has 1 heterocycles. The van der Waals surface area contributed by atoms with Gasteiger partial charge in [0.1, 0.15) is 5.69 Å². The summed E-state index contributed by atoms with van der Waals surface area (Å²) in [6.07, 6.45) is 0. The highest BCUT2D eigenvalue weighted by molar-refractivity contribution is 14.1. The van der Waals surface area contributed by atoms with E-state index in [2.05, 4.69) is 22.6 Å². The third-order valence-corrected chi connectivity index (χ3v) is 4.75. The summed E-state index contributed by atoms with van der Waals surface area (Å²) in [4.78, 5) is 24.4. The number of pyridine rings is 1. The summed E-state index contributed by atoms with van der Waals surface area (Å²) in [7, 11) is 1.46. The second-order valence-electron chi connectivity index (χ2n) is 5.07. The highest BCUT2D eigenvalue weighted by Gasteiger charge is 2.22. The van der Waals surface area contributed by atoms with Crippen molar-refractivity contribution >= 4 is 50.9 Å². The Bertz CT molecular complexity index is 996. The molecule has 0 aliphatic heterocycles. The van der Waals surface area contributed by atoms with Gasteiger partial charge < -0.3 is 9.67 Å². The average molecular weight is 440 g/mol. The SMILES string of the molecule is Cn1c(C(=O)O)c(-c2ccccc2)c2c(I)cc(Cl)cc2c1=O. The Morgan fingerprint density at radius 2 is 1.87 bits per heavy atom. The molecule has 0 saturated heterocycles. The number of carbonyl (C=O) groups is 1. The molecule has 0 unspecified atom stereocenters. The van der Waals surface area contributed by atoms with Gasteiger partial charge in [0.25, 0.3) is 5.56 Å². The maximum Gasteiger partial charge on any atom is 0.353 e. The van der Waals surface area contributed by atoms with Gasteiger partial charge in [0.2, 0.25) is 0 Å². The smallest absolute Gasteiger partial charge is 0.353 e. The quantitative estimate of drug-likeness (QED) is 0.610. The predicted molar refractivity (Wildman–Crippen MR) is 99.3 cm³/mol. The van der Waals surface area contributed by atoms with Crippen LogP contribution >= 0.6 is 34.2 Å². The molecule has 6 heteroatoms. The summed E-state index contributed by atoms with van der Waals surface area (Å²) in [5.74, 6) is -1.14. The van der Waals surface area contributed by atoms with Gasteiger partial charge in [-0.3, -0.25) is 4.79 Å². The van der Waals surface area contributed by atoms with Crippen molar-refractivity contribution in [3.63, 3.8) is 0 Å².